The second-order valence-electron chi connectivity index (χ2n) is 4.64. The predicted octanol–water partition coefficient (Wildman–Crippen LogP) is 5.00. The van der Waals surface area contributed by atoms with Gasteiger partial charge in [0, 0.05) is 4.47 Å². The van der Waals surface area contributed by atoms with Crippen molar-refractivity contribution in [1.29, 1.82) is 0 Å². The van der Waals surface area contributed by atoms with Crippen LogP contribution in [-0.2, 0) is 6.18 Å². The lowest BCUT2D eigenvalue weighted by Gasteiger charge is -2.17. The Morgan fingerprint density at radius 1 is 1.10 bits per heavy atom. The minimum atomic E-state index is -4.54. The Kier molecular flexibility index (Phi) is 4.39. The van der Waals surface area contributed by atoms with Crippen LogP contribution in [0.3, 0.4) is 0 Å². The number of aliphatic hydroxyl groups excluding tert-OH is 1. The molecule has 6 heteroatoms. The Morgan fingerprint density at radius 3 is 2.38 bits per heavy atom. The van der Waals surface area contributed by atoms with Gasteiger partial charge in [-0.3, -0.25) is 0 Å². The Bertz CT molecular complexity index is 667. The van der Waals surface area contributed by atoms with Crippen LogP contribution in [0.1, 0.15) is 28.4 Å². The van der Waals surface area contributed by atoms with Crippen LogP contribution in [0.2, 0.25) is 0 Å². The molecule has 2 aromatic rings. The van der Waals surface area contributed by atoms with E-state index in [9.17, 15) is 22.7 Å². The first-order valence-electron chi connectivity index (χ1n) is 6.01. The highest BCUT2D eigenvalue weighted by molar-refractivity contribution is 9.10. The molecule has 0 aliphatic heterocycles. The lowest BCUT2D eigenvalue weighted by atomic mass is 9.96. The maximum absolute atomic E-state index is 13.3. The lowest BCUT2D eigenvalue weighted by molar-refractivity contribution is -0.138. The average molecular weight is 363 g/mol. The van der Waals surface area contributed by atoms with Gasteiger partial charge in [-0.2, -0.15) is 13.2 Å². The van der Waals surface area contributed by atoms with Crippen molar-refractivity contribution < 1.29 is 22.7 Å². The number of rotatable bonds is 2. The minimum Gasteiger partial charge on any atom is -0.384 e. The first kappa shape index (κ1) is 16.0. The van der Waals surface area contributed by atoms with Crippen molar-refractivity contribution in [2.24, 2.45) is 0 Å². The smallest absolute Gasteiger partial charge is 0.384 e. The van der Waals surface area contributed by atoms with E-state index in [1.54, 1.807) is 6.92 Å². The van der Waals surface area contributed by atoms with Crippen molar-refractivity contribution >= 4 is 15.9 Å². The van der Waals surface area contributed by atoms with Crippen LogP contribution in [0, 0.1) is 12.7 Å². The van der Waals surface area contributed by atoms with Crippen molar-refractivity contribution in [3.8, 4) is 0 Å². The second-order valence-corrected chi connectivity index (χ2v) is 5.49. The standard InChI is InChI=1S/C15H11BrF4O/c1-8-2-4-10(17)7-11(8)14(21)9-3-5-13(16)12(6-9)15(18,19)20/h2-7,14,21H,1H3. The van der Waals surface area contributed by atoms with E-state index >= 15 is 0 Å². The van der Waals surface area contributed by atoms with Gasteiger partial charge < -0.3 is 5.11 Å². The molecule has 0 bridgehead atoms. The summed E-state index contributed by atoms with van der Waals surface area (Å²) in [5.41, 5.74) is 0.0122. The molecule has 0 aromatic heterocycles. The van der Waals surface area contributed by atoms with Crippen molar-refractivity contribution in [3.05, 3.63) is 68.9 Å². The third kappa shape index (κ3) is 3.44. The zero-order valence-electron chi connectivity index (χ0n) is 10.9. The van der Waals surface area contributed by atoms with E-state index in [2.05, 4.69) is 15.9 Å². The molecule has 0 fully saturated rings. The molecule has 0 aliphatic carbocycles. The molecule has 0 radical (unpaired) electrons. The molecule has 0 spiro atoms. The predicted molar refractivity (Wildman–Crippen MR) is 74.3 cm³/mol. The van der Waals surface area contributed by atoms with E-state index in [1.165, 1.54) is 24.3 Å². The lowest BCUT2D eigenvalue weighted by Crippen LogP contribution is -2.09. The number of aryl methyl sites for hydroxylation is 1. The molecule has 112 valence electrons. The van der Waals surface area contributed by atoms with E-state index in [1.807, 2.05) is 0 Å². The Morgan fingerprint density at radius 2 is 1.76 bits per heavy atom. The third-order valence-corrected chi connectivity index (χ3v) is 3.84. The molecule has 1 unspecified atom stereocenters. The van der Waals surface area contributed by atoms with E-state index in [0.29, 0.717) is 5.56 Å². The molecule has 2 rings (SSSR count). The Hall–Kier alpha value is -1.40. The summed E-state index contributed by atoms with van der Waals surface area (Å²) in [5, 5.41) is 10.2. The van der Waals surface area contributed by atoms with Crippen LogP contribution in [0.25, 0.3) is 0 Å². The molecule has 0 amide bonds. The van der Waals surface area contributed by atoms with E-state index < -0.39 is 23.7 Å². The topological polar surface area (TPSA) is 20.2 Å². The van der Waals surface area contributed by atoms with Crippen molar-refractivity contribution in [3.63, 3.8) is 0 Å². The van der Waals surface area contributed by atoms with Crippen LogP contribution in [0.15, 0.2) is 40.9 Å². The molecular weight excluding hydrogens is 352 g/mol. The van der Waals surface area contributed by atoms with Crippen LogP contribution in [0.5, 0.6) is 0 Å². The van der Waals surface area contributed by atoms with E-state index in [0.717, 1.165) is 12.1 Å². The molecular formula is C15H11BrF4O. The Balaban J connectivity index is 2.49. The number of hydrogen-bond donors (Lipinski definition) is 1. The number of halogens is 5. The molecule has 21 heavy (non-hydrogen) atoms. The molecule has 1 atom stereocenters. The summed E-state index contributed by atoms with van der Waals surface area (Å²) < 4.78 is 51.7. The number of alkyl halides is 3. The summed E-state index contributed by atoms with van der Waals surface area (Å²) in [7, 11) is 0. The zero-order chi connectivity index (χ0) is 15.8. The van der Waals surface area contributed by atoms with Gasteiger partial charge in [-0.05, 0) is 47.9 Å². The van der Waals surface area contributed by atoms with Crippen LogP contribution >= 0.6 is 15.9 Å². The van der Waals surface area contributed by atoms with Gasteiger partial charge in [-0.25, -0.2) is 4.39 Å². The normalized spacial score (nSPS) is 13.3. The summed E-state index contributed by atoms with van der Waals surface area (Å²) in [6.07, 6.45) is -5.86. The van der Waals surface area contributed by atoms with Gasteiger partial charge in [-0.15, -0.1) is 0 Å². The maximum Gasteiger partial charge on any atom is 0.417 e. The molecule has 0 saturated carbocycles. The molecule has 1 nitrogen and oxygen atoms in total. The van der Waals surface area contributed by atoms with Gasteiger partial charge in [0.05, 0.1) is 5.56 Å². The first-order chi connectivity index (χ1) is 9.70. The van der Waals surface area contributed by atoms with Gasteiger partial charge in [-0.1, -0.05) is 28.1 Å². The highest BCUT2D eigenvalue weighted by Crippen LogP contribution is 2.37. The van der Waals surface area contributed by atoms with Crippen LogP contribution in [-0.4, -0.2) is 5.11 Å². The fourth-order valence-corrected chi connectivity index (χ4v) is 2.49. The monoisotopic (exact) mass is 362 g/mol. The largest absolute Gasteiger partial charge is 0.417 e. The van der Waals surface area contributed by atoms with Gasteiger partial charge >= 0.3 is 6.18 Å². The SMILES string of the molecule is Cc1ccc(F)cc1C(O)c1ccc(Br)c(C(F)(F)F)c1. The van der Waals surface area contributed by atoms with Crippen molar-refractivity contribution in [2.75, 3.05) is 0 Å². The molecule has 0 heterocycles. The summed E-state index contributed by atoms with van der Waals surface area (Å²) in [4.78, 5) is 0. The highest BCUT2D eigenvalue weighted by atomic mass is 79.9. The van der Waals surface area contributed by atoms with Crippen LogP contribution < -0.4 is 0 Å². The van der Waals surface area contributed by atoms with Gasteiger partial charge in [0.15, 0.2) is 0 Å². The Labute approximate surface area is 127 Å². The summed E-state index contributed by atoms with van der Waals surface area (Å²) in [5.74, 6) is -0.553. The number of benzene rings is 2. The molecule has 1 N–H and O–H groups in total. The third-order valence-electron chi connectivity index (χ3n) is 3.15. The maximum atomic E-state index is 13.3. The number of hydrogen-bond acceptors (Lipinski definition) is 1. The van der Waals surface area contributed by atoms with E-state index in [-0.39, 0.29) is 15.6 Å². The van der Waals surface area contributed by atoms with Crippen molar-refractivity contribution in [2.45, 2.75) is 19.2 Å². The summed E-state index contributed by atoms with van der Waals surface area (Å²) in [6, 6.07) is 7.27. The minimum absolute atomic E-state index is 0.0548. The van der Waals surface area contributed by atoms with Crippen molar-refractivity contribution in [1.82, 2.24) is 0 Å². The summed E-state index contributed by atoms with van der Waals surface area (Å²) in [6.45, 7) is 1.65. The fourth-order valence-electron chi connectivity index (χ4n) is 2.02. The average Bonchev–Trinajstić information content (AvgIpc) is 2.40. The summed E-state index contributed by atoms with van der Waals surface area (Å²) >= 11 is 2.84. The molecule has 0 aliphatic rings. The zero-order valence-corrected chi connectivity index (χ0v) is 12.5. The van der Waals surface area contributed by atoms with E-state index in [4.69, 9.17) is 0 Å². The van der Waals surface area contributed by atoms with Crippen LogP contribution in [0.4, 0.5) is 17.6 Å². The van der Waals surface area contributed by atoms with Gasteiger partial charge in [0.2, 0.25) is 0 Å². The number of aliphatic hydroxyl groups is 1. The quantitative estimate of drug-likeness (QED) is 0.745. The molecule has 0 saturated heterocycles. The van der Waals surface area contributed by atoms with Gasteiger partial charge in [0.1, 0.15) is 11.9 Å². The highest BCUT2D eigenvalue weighted by Gasteiger charge is 2.33. The fraction of sp³-hybridized carbons (Fsp3) is 0.200. The van der Waals surface area contributed by atoms with Gasteiger partial charge in [0.25, 0.3) is 0 Å². The molecule has 2 aromatic carbocycles. The second kappa shape index (κ2) is 5.77. The first-order valence-corrected chi connectivity index (χ1v) is 6.80.